The summed E-state index contributed by atoms with van der Waals surface area (Å²) in [4.78, 5) is 0. The molecule has 0 radical (unpaired) electrons. The van der Waals surface area contributed by atoms with Gasteiger partial charge < -0.3 is 0 Å². The second kappa shape index (κ2) is 7.19. The van der Waals surface area contributed by atoms with Gasteiger partial charge in [-0.15, -0.1) is 10.2 Å². The smallest absolute Gasteiger partial charge is 0.177 e. The summed E-state index contributed by atoms with van der Waals surface area (Å²) in [6, 6.07) is 0. The summed E-state index contributed by atoms with van der Waals surface area (Å²) in [6.07, 6.45) is 7.66. The van der Waals surface area contributed by atoms with E-state index in [9.17, 15) is 0 Å². The molecule has 1 unspecified atom stereocenters. The lowest BCUT2D eigenvalue weighted by atomic mass is 9.66. The Kier molecular flexibility index (Phi) is 6.15. The number of unbranched alkanes of at least 4 members (excludes halogenated alkanes) is 2. The fourth-order valence-electron chi connectivity index (χ4n) is 3.60. The molecule has 0 aliphatic carbocycles. The Balaban J connectivity index is 2.70. The molecule has 1 heterocycles. The van der Waals surface area contributed by atoms with Crippen molar-refractivity contribution in [2.45, 2.75) is 85.5 Å². The lowest BCUT2D eigenvalue weighted by Crippen LogP contribution is -2.33. The Hall–Kier alpha value is -0.930. The summed E-state index contributed by atoms with van der Waals surface area (Å²) in [7, 11) is 0. The zero-order valence-corrected chi connectivity index (χ0v) is 14.2. The Morgan fingerprint density at radius 2 is 1.80 bits per heavy atom. The average Bonchev–Trinajstić information content (AvgIpc) is 2.87. The number of aromatic nitrogens is 4. The molecule has 0 aromatic carbocycles. The van der Waals surface area contributed by atoms with Crippen molar-refractivity contribution in [3.63, 3.8) is 0 Å². The standard InChI is InChI=1S/C16H32N4/c1-7-9-10-11-13(8-2)15(3,4)12-16(5,6)14-17-19-20-18-14/h13H,7-12H2,1-6H3,(H,17,18,19,20). The van der Waals surface area contributed by atoms with Crippen molar-refractivity contribution in [2.24, 2.45) is 11.3 Å². The van der Waals surface area contributed by atoms with E-state index in [1.165, 1.54) is 32.1 Å². The lowest BCUT2D eigenvalue weighted by molar-refractivity contribution is 0.136. The summed E-state index contributed by atoms with van der Waals surface area (Å²) in [5, 5.41) is 14.7. The minimum Gasteiger partial charge on any atom is -0.177 e. The van der Waals surface area contributed by atoms with Crippen LogP contribution in [-0.2, 0) is 5.41 Å². The summed E-state index contributed by atoms with van der Waals surface area (Å²) in [5.74, 6) is 1.59. The normalized spacial score (nSPS) is 14.5. The number of aromatic amines is 1. The predicted molar refractivity (Wildman–Crippen MR) is 83.5 cm³/mol. The van der Waals surface area contributed by atoms with Gasteiger partial charge in [-0.3, -0.25) is 0 Å². The van der Waals surface area contributed by atoms with E-state index < -0.39 is 0 Å². The monoisotopic (exact) mass is 280 g/mol. The molecule has 0 aliphatic heterocycles. The Labute approximate surface area is 124 Å². The molecule has 116 valence electrons. The molecule has 1 aromatic heterocycles. The van der Waals surface area contributed by atoms with E-state index in [4.69, 9.17) is 0 Å². The number of tetrazole rings is 1. The van der Waals surface area contributed by atoms with Crippen LogP contribution in [0.5, 0.6) is 0 Å². The van der Waals surface area contributed by atoms with Crippen LogP contribution in [0.4, 0.5) is 0 Å². The van der Waals surface area contributed by atoms with Crippen molar-refractivity contribution in [2.75, 3.05) is 0 Å². The highest BCUT2D eigenvalue weighted by atomic mass is 15.5. The van der Waals surface area contributed by atoms with Crippen LogP contribution in [0.2, 0.25) is 0 Å². The van der Waals surface area contributed by atoms with Gasteiger partial charge in [0.25, 0.3) is 0 Å². The molecule has 0 saturated carbocycles. The van der Waals surface area contributed by atoms with Crippen molar-refractivity contribution in [3.8, 4) is 0 Å². The molecule has 0 aliphatic rings. The third-order valence-corrected chi connectivity index (χ3v) is 4.60. The van der Waals surface area contributed by atoms with Crippen LogP contribution < -0.4 is 0 Å². The van der Waals surface area contributed by atoms with Gasteiger partial charge in [0.15, 0.2) is 5.82 Å². The molecule has 1 rings (SSSR count). The molecule has 4 heteroatoms. The number of hydrogen-bond acceptors (Lipinski definition) is 3. The average molecular weight is 280 g/mol. The molecule has 1 aromatic rings. The van der Waals surface area contributed by atoms with Gasteiger partial charge in [0.2, 0.25) is 0 Å². The second-order valence-electron chi connectivity index (χ2n) is 7.39. The molecule has 1 N–H and O–H groups in total. The maximum absolute atomic E-state index is 4.19. The molecule has 0 bridgehead atoms. The first-order chi connectivity index (χ1) is 9.33. The largest absolute Gasteiger partial charge is 0.180 e. The zero-order chi connectivity index (χ0) is 15.2. The molecule has 0 fully saturated rings. The van der Waals surface area contributed by atoms with Crippen molar-refractivity contribution in [3.05, 3.63) is 5.82 Å². The molecule has 20 heavy (non-hydrogen) atoms. The molecular weight excluding hydrogens is 248 g/mol. The minimum absolute atomic E-state index is 0.0331. The fraction of sp³-hybridized carbons (Fsp3) is 0.938. The van der Waals surface area contributed by atoms with E-state index in [1.54, 1.807) is 0 Å². The van der Waals surface area contributed by atoms with Crippen LogP contribution in [0.3, 0.4) is 0 Å². The van der Waals surface area contributed by atoms with E-state index in [-0.39, 0.29) is 5.41 Å². The van der Waals surface area contributed by atoms with Crippen molar-refractivity contribution < 1.29 is 0 Å². The topological polar surface area (TPSA) is 54.5 Å². The molecule has 0 saturated heterocycles. The predicted octanol–water partition coefficient (Wildman–Crippen LogP) is 4.50. The number of nitrogens with zero attached hydrogens (tertiary/aromatic N) is 3. The number of H-pyrrole nitrogens is 1. The van der Waals surface area contributed by atoms with Crippen LogP contribution in [0.1, 0.15) is 85.9 Å². The summed E-state index contributed by atoms with van der Waals surface area (Å²) in [6.45, 7) is 13.8. The third-order valence-electron chi connectivity index (χ3n) is 4.60. The van der Waals surface area contributed by atoms with Crippen molar-refractivity contribution >= 4 is 0 Å². The van der Waals surface area contributed by atoms with Crippen LogP contribution in [0.25, 0.3) is 0 Å². The molecular formula is C16H32N4. The minimum atomic E-state index is -0.0331. The first-order valence-electron chi connectivity index (χ1n) is 8.07. The second-order valence-corrected chi connectivity index (χ2v) is 7.39. The Morgan fingerprint density at radius 1 is 1.10 bits per heavy atom. The van der Waals surface area contributed by atoms with Crippen LogP contribution in [0.15, 0.2) is 0 Å². The van der Waals surface area contributed by atoms with Gasteiger partial charge in [-0.25, -0.2) is 0 Å². The van der Waals surface area contributed by atoms with Gasteiger partial charge in [0.1, 0.15) is 0 Å². The van der Waals surface area contributed by atoms with Crippen molar-refractivity contribution in [1.29, 1.82) is 0 Å². The summed E-state index contributed by atoms with van der Waals surface area (Å²) >= 11 is 0. The van der Waals surface area contributed by atoms with Crippen molar-refractivity contribution in [1.82, 2.24) is 20.6 Å². The van der Waals surface area contributed by atoms with Crippen LogP contribution in [-0.4, -0.2) is 20.6 Å². The van der Waals surface area contributed by atoms with E-state index in [1.807, 2.05) is 0 Å². The van der Waals surface area contributed by atoms with Gasteiger partial charge in [0, 0.05) is 5.41 Å². The van der Waals surface area contributed by atoms with Gasteiger partial charge in [0.05, 0.1) is 0 Å². The highest BCUT2D eigenvalue weighted by Gasteiger charge is 2.37. The molecule has 0 amide bonds. The van der Waals surface area contributed by atoms with Gasteiger partial charge in [-0.05, 0) is 24.2 Å². The highest BCUT2D eigenvalue weighted by molar-refractivity contribution is 5.02. The first kappa shape index (κ1) is 17.1. The third kappa shape index (κ3) is 4.57. The Morgan fingerprint density at radius 3 is 2.30 bits per heavy atom. The lowest BCUT2D eigenvalue weighted by Gasteiger charge is -2.39. The SMILES string of the molecule is CCCCCC(CC)C(C)(C)CC(C)(C)c1nn[nH]n1. The number of hydrogen-bond donors (Lipinski definition) is 1. The van der Waals surface area contributed by atoms with Crippen LogP contribution in [0, 0.1) is 11.3 Å². The molecule has 1 atom stereocenters. The van der Waals surface area contributed by atoms with E-state index >= 15 is 0 Å². The first-order valence-corrected chi connectivity index (χ1v) is 8.07. The summed E-state index contributed by atoms with van der Waals surface area (Å²) < 4.78 is 0. The quantitative estimate of drug-likeness (QED) is 0.678. The van der Waals surface area contributed by atoms with Gasteiger partial charge in [-0.2, -0.15) is 5.21 Å². The van der Waals surface area contributed by atoms with Gasteiger partial charge in [-0.1, -0.05) is 72.4 Å². The maximum atomic E-state index is 4.19. The summed E-state index contributed by atoms with van der Waals surface area (Å²) in [5.41, 5.74) is 0.265. The molecule has 0 spiro atoms. The van der Waals surface area contributed by atoms with E-state index in [2.05, 4.69) is 62.2 Å². The maximum Gasteiger partial charge on any atom is 0.180 e. The van der Waals surface area contributed by atoms with Crippen LogP contribution >= 0.6 is 0 Å². The fourth-order valence-corrected chi connectivity index (χ4v) is 3.60. The highest BCUT2D eigenvalue weighted by Crippen LogP contribution is 2.43. The van der Waals surface area contributed by atoms with Gasteiger partial charge >= 0.3 is 0 Å². The number of nitrogens with one attached hydrogen (secondary N) is 1. The Bertz CT molecular complexity index is 368. The van der Waals surface area contributed by atoms with E-state index in [0.717, 1.165) is 18.2 Å². The molecule has 4 nitrogen and oxygen atoms in total. The van der Waals surface area contributed by atoms with E-state index in [0.29, 0.717) is 5.41 Å². The number of rotatable bonds is 9. The zero-order valence-electron chi connectivity index (χ0n) is 14.2.